The smallest absolute Gasteiger partial charge is 0.255 e. The lowest BCUT2D eigenvalue weighted by Crippen LogP contribution is -2.23. The lowest BCUT2D eigenvalue weighted by atomic mass is 10.3. The Morgan fingerprint density at radius 3 is 2.92 bits per heavy atom. The number of aromatic nitrogens is 3. The Morgan fingerprint density at radius 2 is 2.17 bits per heavy atom. The van der Waals surface area contributed by atoms with Crippen LogP contribution in [0.4, 0.5) is 5.13 Å². The van der Waals surface area contributed by atoms with Gasteiger partial charge in [0.05, 0.1) is 28.6 Å². The number of nitrogens with one attached hydrogen (secondary N) is 2. The van der Waals surface area contributed by atoms with Crippen LogP contribution in [-0.2, 0) is 4.79 Å². The van der Waals surface area contributed by atoms with Crippen LogP contribution in [0.3, 0.4) is 0 Å². The molecule has 24 heavy (non-hydrogen) atoms. The number of thiazole rings is 1. The second kappa shape index (κ2) is 7.02. The Kier molecular flexibility index (Phi) is 4.81. The van der Waals surface area contributed by atoms with E-state index in [1.54, 1.807) is 6.92 Å². The number of hydrogen-bond acceptors (Lipinski definition) is 7. The van der Waals surface area contributed by atoms with Crippen LogP contribution in [0.2, 0.25) is 0 Å². The number of nitrogens with zero attached hydrogens (tertiary/aromatic N) is 2. The summed E-state index contributed by atoms with van der Waals surface area (Å²) >= 11 is 2.55. The van der Waals surface area contributed by atoms with Crippen molar-refractivity contribution in [3.05, 3.63) is 40.7 Å². The van der Waals surface area contributed by atoms with Crippen molar-refractivity contribution in [3.63, 3.8) is 0 Å². The van der Waals surface area contributed by atoms with E-state index in [0.717, 1.165) is 22.0 Å². The molecule has 0 spiro atoms. The number of H-pyrrole nitrogens is 1. The quantitative estimate of drug-likeness (QED) is 0.535. The van der Waals surface area contributed by atoms with E-state index >= 15 is 0 Å². The van der Waals surface area contributed by atoms with Gasteiger partial charge in [0.1, 0.15) is 0 Å². The maximum atomic E-state index is 12.3. The predicted octanol–water partition coefficient (Wildman–Crippen LogP) is 2.51. The number of hydrogen-bond donors (Lipinski definition) is 2. The highest BCUT2D eigenvalue weighted by Crippen LogP contribution is 2.27. The zero-order valence-electron chi connectivity index (χ0n) is 12.9. The van der Waals surface area contributed by atoms with E-state index in [1.807, 2.05) is 24.3 Å². The zero-order chi connectivity index (χ0) is 17.1. The average molecular weight is 362 g/mol. The molecule has 1 amide bonds. The zero-order valence-corrected chi connectivity index (χ0v) is 14.5. The molecule has 0 saturated carbocycles. The van der Waals surface area contributed by atoms with Gasteiger partial charge in [-0.3, -0.25) is 9.59 Å². The molecule has 2 aromatic heterocycles. The van der Waals surface area contributed by atoms with Gasteiger partial charge in [0.2, 0.25) is 11.8 Å². The number of carbonyl (C=O) groups excluding carboxylic acids is 1. The summed E-state index contributed by atoms with van der Waals surface area (Å²) in [6, 6.07) is 8.92. The molecule has 1 aromatic carbocycles. The molecule has 0 saturated heterocycles. The second-order valence-corrected chi connectivity index (χ2v) is 7.19. The largest absolute Gasteiger partial charge is 0.481 e. The minimum atomic E-state index is -0.465. The van der Waals surface area contributed by atoms with Crippen LogP contribution < -0.4 is 15.6 Å². The number of amides is 1. The fourth-order valence-electron chi connectivity index (χ4n) is 1.93. The molecule has 0 fully saturated rings. The number of fused-ring (bicyclic) bond motifs is 1. The molecule has 0 radical (unpaired) electrons. The first-order valence-corrected chi connectivity index (χ1v) is 8.73. The Bertz CT molecular complexity index is 905. The molecule has 0 aliphatic heterocycles. The molecule has 3 rings (SSSR count). The van der Waals surface area contributed by atoms with E-state index in [2.05, 4.69) is 20.3 Å². The fourth-order valence-corrected chi connectivity index (χ4v) is 3.60. The van der Waals surface area contributed by atoms with Gasteiger partial charge in [-0.25, -0.2) is 4.98 Å². The molecule has 7 nitrogen and oxygen atoms in total. The Balaban J connectivity index is 1.70. The minimum Gasteiger partial charge on any atom is -0.481 e. The first-order chi connectivity index (χ1) is 11.5. The highest BCUT2D eigenvalue weighted by atomic mass is 32.2. The lowest BCUT2D eigenvalue weighted by Gasteiger charge is -2.10. The molecule has 124 valence electrons. The van der Waals surface area contributed by atoms with Gasteiger partial charge in [-0.1, -0.05) is 35.2 Å². The number of carbonyl (C=O) groups is 1. The van der Waals surface area contributed by atoms with E-state index in [-0.39, 0.29) is 17.3 Å². The van der Waals surface area contributed by atoms with Gasteiger partial charge < -0.3 is 15.0 Å². The van der Waals surface area contributed by atoms with Crippen molar-refractivity contribution >= 4 is 44.4 Å². The van der Waals surface area contributed by atoms with Gasteiger partial charge in [0.25, 0.3) is 5.56 Å². The summed E-state index contributed by atoms with van der Waals surface area (Å²) in [5.74, 6) is -0.00967. The number of methoxy groups -OCH3 is 1. The van der Waals surface area contributed by atoms with Crippen LogP contribution in [0, 0.1) is 0 Å². The number of aromatic amines is 1. The van der Waals surface area contributed by atoms with Gasteiger partial charge >= 0.3 is 0 Å². The fraction of sp³-hybridized carbons (Fsp3) is 0.200. The summed E-state index contributed by atoms with van der Waals surface area (Å²) in [7, 11) is 1.43. The van der Waals surface area contributed by atoms with Crippen molar-refractivity contribution in [1.29, 1.82) is 0 Å². The normalized spacial score (nSPS) is 12.1. The third-order valence-corrected chi connectivity index (χ3v) is 5.02. The molecular weight excluding hydrogens is 348 g/mol. The van der Waals surface area contributed by atoms with Crippen molar-refractivity contribution in [2.24, 2.45) is 0 Å². The molecule has 2 heterocycles. The van der Waals surface area contributed by atoms with Crippen LogP contribution >= 0.6 is 23.1 Å². The van der Waals surface area contributed by atoms with Crippen molar-refractivity contribution in [3.8, 4) is 5.88 Å². The summed E-state index contributed by atoms with van der Waals surface area (Å²) < 4.78 is 5.96. The monoisotopic (exact) mass is 362 g/mol. The maximum absolute atomic E-state index is 12.3. The summed E-state index contributed by atoms with van der Waals surface area (Å²) in [5, 5.41) is 3.19. The molecule has 9 heteroatoms. The first-order valence-electron chi connectivity index (χ1n) is 7.03. The first kappa shape index (κ1) is 16.5. The third-order valence-electron chi connectivity index (χ3n) is 3.09. The molecule has 0 aliphatic rings. The SMILES string of the molecule is COc1cc(=O)[nH]c(SC(C)C(=O)Nc2nc3ccccc3s2)n1. The van der Waals surface area contributed by atoms with E-state index in [1.165, 1.54) is 24.5 Å². The summed E-state index contributed by atoms with van der Waals surface area (Å²) in [6.45, 7) is 1.73. The molecule has 0 aliphatic carbocycles. The van der Waals surface area contributed by atoms with Crippen molar-refractivity contribution < 1.29 is 9.53 Å². The Labute approximate surface area is 145 Å². The predicted molar refractivity (Wildman–Crippen MR) is 95.0 cm³/mol. The summed E-state index contributed by atoms with van der Waals surface area (Å²) in [4.78, 5) is 34.9. The van der Waals surface area contributed by atoms with E-state index in [0.29, 0.717) is 10.3 Å². The number of thioether (sulfide) groups is 1. The number of anilines is 1. The number of ether oxygens (including phenoxy) is 1. The molecule has 3 aromatic rings. The van der Waals surface area contributed by atoms with Gasteiger partial charge in [-0.05, 0) is 19.1 Å². The van der Waals surface area contributed by atoms with Crippen LogP contribution in [-0.4, -0.2) is 33.2 Å². The number of para-hydroxylation sites is 1. The number of rotatable bonds is 5. The topological polar surface area (TPSA) is 97.0 Å². The summed E-state index contributed by atoms with van der Waals surface area (Å²) in [6.07, 6.45) is 0. The summed E-state index contributed by atoms with van der Waals surface area (Å²) in [5.41, 5.74) is 0.514. The van der Waals surface area contributed by atoms with Gasteiger partial charge in [-0.15, -0.1) is 0 Å². The number of benzene rings is 1. The standard InChI is InChI=1S/C15H14N4O3S2/c1-8(23-15-17-11(20)7-12(18-15)22-2)13(21)19-14-16-9-5-3-4-6-10(9)24-14/h3-8H,1-2H3,(H,16,19,21)(H,17,18,20). The van der Waals surface area contributed by atoms with Crippen LogP contribution in [0.5, 0.6) is 5.88 Å². The maximum Gasteiger partial charge on any atom is 0.255 e. The molecular formula is C15H14N4O3S2. The van der Waals surface area contributed by atoms with Crippen molar-refractivity contribution in [2.45, 2.75) is 17.3 Å². The van der Waals surface area contributed by atoms with Crippen LogP contribution in [0.15, 0.2) is 40.3 Å². The molecule has 0 bridgehead atoms. The highest BCUT2D eigenvalue weighted by Gasteiger charge is 2.18. The minimum absolute atomic E-state index is 0.208. The molecule has 2 N–H and O–H groups in total. The van der Waals surface area contributed by atoms with Crippen LogP contribution in [0.25, 0.3) is 10.2 Å². The van der Waals surface area contributed by atoms with Crippen molar-refractivity contribution in [1.82, 2.24) is 15.0 Å². The Hall–Kier alpha value is -2.39. The van der Waals surface area contributed by atoms with Gasteiger partial charge in [-0.2, -0.15) is 4.98 Å². The average Bonchev–Trinajstić information content (AvgIpc) is 2.96. The third kappa shape index (κ3) is 3.74. The van der Waals surface area contributed by atoms with Gasteiger partial charge in [0.15, 0.2) is 10.3 Å². The van der Waals surface area contributed by atoms with Gasteiger partial charge in [0, 0.05) is 0 Å². The lowest BCUT2D eigenvalue weighted by molar-refractivity contribution is -0.115. The molecule has 1 atom stereocenters. The van der Waals surface area contributed by atoms with E-state index < -0.39 is 5.25 Å². The molecule has 1 unspecified atom stereocenters. The highest BCUT2D eigenvalue weighted by molar-refractivity contribution is 8.00. The van der Waals surface area contributed by atoms with E-state index in [9.17, 15) is 9.59 Å². The van der Waals surface area contributed by atoms with E-state index in [4.69, 9.17) is 4.74 Å². The van der Waals surface area contributed by atoms with Crippen LogP contribution in [0.1, 0.15) is 6.92 Å². The van der Waals surface area contributed by atoms with Crippen molar-refractivity contribution in [2.75, 3.05) is 12.4 Å². The Morgan fingerprint density at radius 1 is 1.38 bits per heavy atom. The second-order valence-electron chi connectivity index (χ2n) is 4.83.